The summed E-state index contributed by atoms with van der Waals surface area (Å²) in [5.74, 6) is 1.34. The Morgan fingerprint density at radius 1 is 1.14 bits per heavy atom. The summed E-state index contributed by atoms with van der Waals surface area (Å²) >= 11 is 5.79. The number of carbonyl (C=O) groups excluding carboxylic acids is 1. The first-order valence-corrected chi connectivity index (χ1v) is 9.40. The molecule has 0 spiro atoms. The lowest BCUT2D eigenvalue weighted by Gasteiger charge is -2.33. The highest BCUT2D eigenvalue weighted by atomic mass is 35.5. The van der Waals surface area contributed by atoms with E-state index in [0.717, 1.165) is 37.3 Å². The van der Waals surface area contributed by atoms with E-state index in [-0.39, 0.29) is 35.4 Å². The van der Waals surface area contributed by atoms with Gasteiger partial charge in [0.2, 0.25) is 0 Å². The van der Waals surface area contributed by atoms with Crippen LogP contribution in [0.4, 0.5) is 16.0 Å². The second kappa shape index (κ2) is 9.89. The molecule has 1 heterocycles. The molecule has 28 heavy (non-hydrogen) atoms. The van der Waals surface area contributed by atoms with E-state index in [1.807, 2.05) is 20.0 Å². The summed E-state index contributed by atoms with van der Waals surface area (Å²) in [7, 11) is 1.81. The fourth-order valence-corrected chi connectivity index (χ4v) is 3.51. The van der Waals surface area contributed by atoms with Crippen molar-refractivity contribution in [2.24, 2.45) is 0 Å². The smallest absolute Gasteiger partial charge is 0.251 e. The minimum atomic E-state index is -0.537. The summed E-state index contributed by atoms with van der Waals surface area (Å²) in [5, 5.41) is 9.44. The Hall–Kier alpha value is -2.12. The maximum absolute atomic E-state index is 13.3. The third kappa shape index (κ3) is 5.45. The summed E-state index contributed by atoms with van der Waals surface area (Å²) in [5.41, 5.74) is 0.348. The number of halogens is 3. The number of nitrogens with one attached hydrogen (secondary N) is 3. The fourth-order valence-electron chi connectivity index (χ4n) is 3.33. The monoisotopic (exact) mass is 427 g/mol. The molecule has 0 saturated heterocycles. The Morgan fingerprint density at radius 2 is 1.82 bits per heavy atom. The molecule has 2 unspecified atom stereocenters. The van der Waals surface area contributed by atoms with Crippen molar-refractivity contribution in [2.45, 2.75) is 44.7 Å². The maximum Gasteiger partial charge on any atom is 0.251 e. The van der Waals surface area contributed by atoms with Crippen LogP contribution in [0, 0.1) is 12.7 Å². The number of benzene rings is 1. The predicted octanol–water partition coefficient (Wildman–Crippen LogP) is 4.19. The Labute approximate surface area is 175 Å². The molecule has 0 radical (unpaired) electrons. The molecule has 1 aliphatic rings. The van der Waals surface area contributed by atoms with Gasteiger partial charge in [-0.3, -0.25) is 4.79 Å². The third-order valence-corrected chi connectivity index (χ3v) is 4.98. The molecule has 1 amide bonds. The minimum absolute atomic E-state index is 0. The SMILES string of the molecule is CNc1cc(NC2CCCCC2NC(=O)c2ccc(F)c(Cl)c2)nc(C)n1.Cl. The van der Waals surface area contributed by atoms with Crippen LogP contribution in [0.15, 0.2) is 24.3 Å². The first-order chi connectivity index (χ1) is 13.0. The van der Waals surface area contributed by atoms with Gasteiger partial charge in [-0.1, -0.05) is 24.4 Å². The topological polar surface area (TPSA) is 78.9 Å². The van der Waals surface area contributed by atoms with Gasteiger partial charge in [0.15, 0.2) is 0 Å². The van der Waals surface area contributed by atoms with E-state index in [1.54, 1.807) is 0 Å². The van der Waals surface area contributed by atoms with Crippen molar-refractivity contribution in [1.29, 1.82) is 0 Å². The molecule has 0 aliphatic heterocycles. The van der Waals surface area contributed by atoms with Crippen LogP contribution in [-0.4, -0.2) is 35.0 Å². The van der Waals surface area contributed by atoms with Crippen LogP contribution in [0.5, 0.6) is 0 Å². The lowest BCUT2D eigenvalue weighted by molar-refractivity contribution is 0.0923. The molecule has 6 nitrogen and oxygen atoms in total. The van der Waals surface area contributed by atoms with Gasteiger partial charge in [-0.15, -0.1) is 12.4 Å². The largest absolute Gasteiger partial charge is 0.373 e. The standard InChI is InChI=1S/C19H23ClFN5O.ClH/c1-11-23-17(22-2)10-18(24-11)25-15-5-3-4-6-16(15)26-19(27)12-7-8-14(21)13(20)9-12;/h7-10,15-16H,3-6H2,1-2H3,(H,26,27)(H2,22,23,24,25);1H. The summed E-state index contributed by atoms with van der Waals surface area (Å²) in [6.45, 7) is 1.84. The van der Waals surface area contributed by atoms with Gasteiger partial charge >= 0.3 is 0 Å². The van der Waals surface area contributed by atoms with Crippen LogP contribution in [0.3, 0.4) is 0 Å². The van der Waals surface area contributed by atoms with Crippen molar-refractivity contribution >= 4 is 41.6 Å². The molecule has 152 valence electrons. The van der Waals surface area contributed by atoms with Gasteiger partial charge in [0.1, 0.15) is 23.3 Å². The average Bonchev–Trinajstić information content (AvgIpc) is 2.65. The van der Waals surface area contributed by atoms with Crippen LogP contribution >= 0.6 is 24.0 Å². The van der Waals surface area contributed by atoms with Crippen molar-refractivity contribution in [3.8, 4) is 0 Å². The summed E-state index contributed by atoms with van der Waals surface area (Å²) in [4.78, 5) is 21.3. The Morgan fingerprint density at radius 3 is 2.50 bits per heavy atom. The fraction of sp³-hybridized carbons (Fsp3) is 0.421. The summed E-state index contributed by atoms with van der Waals surface area (Å²) in [6, 6.07) is 5.84. The molecule has 1 fully saturated rings. The molecular weight excluding hydrogens is 404 g/mol. The van der Waals surface area contributed by atoms with Crippen molar-refractivity contribution in [2.75, 3.05) is 17.7 Å². The molecule has 2 atom stereocenters. The Kier molecular flexibility index (Phi) is 7.83. The van der Waals surface area contributed by atoms with Gasteiger partial charge in [0.05, 0.1) is 5.02 Å². The van der Waals surface area contributed by atoms with E-state index in [0.29, 0.717) is 11.4 Å². The zero-order valence-corrected chi connectivity index (χ0v) is 17.3. The first-order valence-electron chi connectivity index (χ1n) is 9.02. The molecule has 1 aromatic carbocycles. The number of aryl methyl sites for hydroxylation is 1. The summed E-state index contributed by atoms with van der Waals surface area (Å²) in [6.07, 6.45) is 3.90. The second-order valence-electron chi connectivity index (χ2n) is 6.68. The first kappa shape index (κ1) is 22.2. The summed E-state index contributed by atoms with van der Waals surface area (Å²) < 4.78 is 13.3. The number of rotatable bonds is 5. The Balaban J connectivity index is 0.00000280. The highest BCUT2D eigenvalue weighted by Crippen LogP contribution is 2.23. The van der Waals surface area contributed by atoms with Gasteiger partial charge in [0, 0.05) is 30.8 Å². The second-order valence-corrected chi connectivity index (χ2v) is 7.09. The minimum Gasteiger partial charge on any atom is -0.373 e. The zero-order valence-electron chi connectivity index (χ0n) is 15.8. The number of amides is 1. The molecule has 0 bridgehead atoms. The number of anilines is 2. The molecule has 1 aliphatic carbocycles. The highest BCUT2D eigenvalue weighted by molar-refractivity contribution is 6.31. The van der Waals surface area contributed by atoms with E-state index < -0.39 is 5.82 Å². The molecule has 1 saturated carbocycles. The zero-order chi connectivity index (χ0) is 19.4. The van der Waals surface area contributed by atoms with E-state index >= 15 is 0 Å². The van der Waals surface area contributed by atoms with E-state index in [9.17, 15) is 9.18 Å². The Bertz CT molecular complexity index is 836. The van der Waals surface area contributed by atoms with Crippen LogP contribution in [0.2, 0.25) is 5.02 Å². The van der Waals surface area contributed by atoms with Gasteiger partial charge in [-0.25, -0.2) is 14.4 Å². The predicted molar refractivity (Wildman–Crippen MR) is 112 cm³/mol. The van der Waals surface area contributed by atoms with Crippen molar-refractivity contribution in [3.05, 3.63) is 46.5 Å². The maximum atomic E-state index is 13.3. The quantitative estimate of drug-likeness (QED) is 0.666. The van der Waals surface area contributed by atoms with Crippen molar-refractivity contribution in [3.63, 3.8) is 0 Å². The van der Waals surface area contributed by atoms with E-state index in [2.05, 4.69) is 25.9 Å². The third-order valence-electron chi connectivity index (χ3n) is 4.69. The van der Waals surface area contributed by atoms with E-state index in [4.69, 9.17) is 11.6 Å². The molecule has 3 rings (SSSR count). The number of aromatic nitrogens is 2. The number of nitrogens with zero attached hydrogens (tertiary/aromatic N) is 2. The van der Waals surface area contributed by atoms with Crippen molar-refractivity contribution in [1.82, 2.24) is 15.3 Å². The van der Waals surface area contributed by atoms with Gasteiger partial charge < -0.3 is 16.0 Å². The number of hydrogen-bond donors (Lipinski definition) is 3. The lowest BCUT2D eigenvalue weighted by Crippen LogP contribution is -2.48. The molecule has 2 aromatic rings. The van der Waals surface area contributed by atoms with E-state index in [1.165, 1.54) is 18.2 Å². The number of hydrogen-bond acceptors (Lipinski definition) is 5. The molecule has 3 N–H and O–H groups in total. The molecule has 1 aromatic heterocycles. The van der Waals surface area contributed by atoms with Crippen molar-refractivity contribution < 1.29 is 9.18 Å². The van der Waals surface area contributed by atoms with Gasteiger partial charge in [-0.05, 0) is 38.0 Å². The average molecular weight is 428 g/mol. The highest BCUT2D eigenvalue weighted by Gasteiger charge is 2.27. The number of carbonyl (C=O) groups is 1. The van der Waals surface area contributed by atoms with Crippen LogP contribution < -0.4 is 16.0 Å². The van der Waals surface area contributed by atoms with Crippen LogP contribution in [0.1, 0.15) is 41.9 Å². The molecular formula is C19H24Cl2FN5O. The lowest BCUT2D eigenvalue weighted by atomic mass is 9.90. The molecule has 9 heteroatoms. The van der Waals surface area contributed by atoms with Crippen LogP contribution in [0.25, 0.3) is 0 Å². The normalized spacial score (nSPS) is 18.7. The van der Waals surface area contributed by atoms with Gasteiger partial charge in [-0.2, -0.15) is 0 Å². The van der Waals surface area contributed by atoms with Crippen LogP contribution in [-0.2, 0) is 0 Å². The van der Waals surface area contributed by atoms with Gasteiger partial charge in [0.25, 0.3) is 5.91 Å².